The molecule has 0 atom stereocenters. The van der Waals surface area contributed by atoms with E-state index in [1.807, 2.05) is 49.4 Å². The number of ketones is 1. The number of rotatable bonds is 5. The summed E-state index contributed by atoms with van der Waals surface area (Å²) in [6, 6.07) is 25.9. The van der Waals surface area contributed by atoms with E-state index >= 15 is 0 Å². The van der Waals surface area contributed by atoms with E-state index in [9.17, 15) is 9.18 Å². The summed E-state index contributed by atoms with van der Waals surface area (Å²) in [6.45, 7) is 1.78. The number of benzene rings is 4. The zero-order valence-electron chi connectivity index (χ0n) is 18.3. The van der Waals surface area contributed by atoms with Crippen LogP contribution in [0.1, 0.15) is 27.0 Å². The van der Waals surface area contributed by atoms with Gasteiger partial charge in [-0.15, -0.1) is 0 Å². The lowest BCUT2D eigenvalue weighted by molar-refractivity contribution is 0.101. The molecule has 0 aliphatic carbocycles. The van der Waals surface area contributed by atoms with Crippen LogP contribution in [0.3, 0.4) is 0 Å². The predicted molar refractivity (Wildman–Crippen MR) is 132 cm³/mol. The van der Waals surface area contributed by atoms with Gasteiger partial charge >= 0.3 is 0 Å². The number of halogens is 2. The predicted octanol–water partition coefficient (Wildman–Crippen LogP) is 7.65. The number of carbonyl (C=O) groups excluding carboxylic acids is 1. The fourth-order valence-electron chi connectivity index (χ4n) is 3.90. The van der Waals surface area contributed by atoms with Crippen LogP contribution in [0.25, 0.3) is 17.2 Å². The van der Waals surface area contributed by atoms with Crippen LogP contribution >= 0.6 is 11.6 Å². The molecule has 1 aliphatic rings. The highest BCUT2D eigenvalue weighted by Crippen LogP contribution is 2.39. The van der Waals surface area contributed by atoms with Crippen LogP contribution in [0.2, 0.25) is 5.02 Å². The summed E-state index contributed by atoms with van der Waals surface area (Å²) >= 11 is 6.09. The molecule has 0 N–H and O–H groups in total. The van der Waals surface area contributed by atoms with Crippen molar-refractivity contribution in [2.45, 2.75) is 13.5 Å². The topological polar surface area (TPSA) is 35.5 Å². The van der Waals surface area contributed by atoms with Gasteiger partial charge in [0.25, 0.3) is 0 Å². The van der Waals surface area contributed by atoms with Crippen LogP contribution in [0, 0.1) is 12.7 Å². The molecule has 4 aromatic rings. The van der Waals surface area contributed by atoms with Gasteiger partial charge in [0, 0.05) is 11.1 Å². The molecule has 1 heterocycles. The molecule has 0 amide bonds. The standard InChI is InChI=1S/C29H20ClFO3/c1-18-26(33-17-23-24(30)8-5-9-25(23)31)15-14-22-28(32)27(34-29(18)22)16-19-10-12-21(13-11-19)20-6-3-2-4-7-20/h2-16H,17H2,1H3/b27-16-. The van der Waals surface area contributed by atoms with Gasteiger partial charge in [-0.2, -0.15) is 0 Å². The number of carbonyl (C=O) groups is 1. The first kappa shape index (κ1) is 21.9. The van der Waals surface area contributed by atoms with Crippen LogP contribution in [0.15, 0.2) is 90.7 Å². The SMILES string of the molecule is Cc1c(OCc2c(F)cccc2Cl)ccc2c1O/C(=C\c1ccc(-c3ccccc3)cc1)C2=O. The minimum atomic E-state index is -0.429. The molecule has 0 saturated heterocycles. The molecular weight excluding hydrogens is 451 g/mol. The summed E-state index contributed by atoms with van der Waals surface area (Å²) in [5, 5.41) is 0.300. The van der Waals surface area contributed by atoms with E-state index in [1.165, 1.54) is 6.07 Å². The minimum Gasteiger partial charge on any atom is -0.488 e. The average molecular weight is 471 g/mol. The molecule has 5 heteroatoms. The fraction of sp³-hybridized carbons (Fsp3) is 0.0690. The second-order valence-corrected chi connectivity index (χ2v) is 8.39. The third-order valence-corrected chi connectivity index (χ3v) is 6.14. The highest BCUT2D eigenvalue weighted by Gasteiger charge is 2.30. The summed E-state index contributed by atoms with van der Waals surface area (Å²) in [6.07, 6.45) is 1.73. The molecule has 3 nitrogen and oxygen atoms in total. The lowest BCUT2D eigenvalue weighted by Crippen LogP contribution is -2.01. The van der Waals surface area contributed by atoms with Crippen molar-refractivity contribution >= 4 is 23.5 Å². The van der Waals surface area contributed by atoms with E-state index < -0.39 is 5.82 Å². The normalized spacial score (nSPS) is 13.6. The molecule has 0 saturated carbocycles. The van der Waals surface area contributed by atoms with Crippen molar-refractivity contribution < 1.29 is 18.7 Å². The Kier molecular flexibility index (Phi) is 5.91. The highest BCUT2D eigenvalue weighted by atomic mass is 35.5. The molecule has 0 radical (unpaired) electrons. The van der Waals surface area contributed by atoms with Gasteiger partial charge in [-0.25, -0.2) is 4.39 Å². The first-order valence-electron chi connectivity index (χ1n) is 10.8. The van der Waals surface area contributed by atoms with Crippen LogP contribution in [0.4, 0.5) is 4.39 Å². The number of fused-ring (bicyclic) bond motifs is 1. The van der Waals surface area contributed by atoms with Crippen molar-refractivity contribution in [2.24, 2.45) is 0 Å². The van der Waals surface area contributed by atoms with E-state index in [1.54, 1.807) is 30.3 Å². The molecular formula is C29H20ClFO3. The van der Waals surface area contributed by atoms with Gasteiger partial charge in [0.15, 0.2) is 5.76 Å². The van der Waals surface area contributed by atoms with Crippen molar-refractivity contribution in [1.82, 2.24) is 0 Å². The highest BCUT2D eigenvalue weighted by molar-refractivity contribution is 6.31. The van der Waals surface area contributed by atoms with Crippen LogP contribution in [0.5, 0.6) is 11.5 Å². The molecule has 5 rings (SSSR count). The molecule has 0 aromatic heterocycles. The molecule has 1 aliphatic heterocycles. The third-order valence-electron chi connectivity index (χ3n) is 5.79. The van der Waals surface area contributed by atoms with Crippen LogP contribution in [-0.2, 0) is 6.61 Å². The number of hydrogen-bond acceptors (Lipinski definition) is 3. The average Bonchev–Trinajstić information content (AvgIpc) is 3.17. The number of hydrogen-bond donors (Lipinski definition) is 0. The Hall–Kier alpha value is -3.89. The number of ether oxygens (including phenoxy) is 2. The summed E-state index contributed by atoms with van der Waals surface area (Å²) < 4.78 is 25.8. The van der Waals surface area contributed by atoms with Gasteiger partial charge in [0.05, 0.1) is 10.6 Å². The summed E-state index contributed by atoms with van der Waals surface area (Å²) in [5.41, 5.74) is 4.50. The molecule has 4 aromatic carbocycles. The summed E-state index contributed by atoms with van der Waals surface area (Å²) in [4.78, 5) is 12.9. The van der Waals surface area contributed by atoms with Crippen molar-refractivity contribution in [2.75, 3.05) is 0 Å². The Morgan fingerprint density at radius 3 is 2.38 bits per heavy atom. The third kappa shape index (κ3) is 4.20. The Bertz CT molecular complexity index is 1390. The van der Waals surface area contributed by atoms with Crippen molar-refractivity contribution in [3.05, 3.63) is 124 Å². The van der Waals surface area contributed by atoms with Gasteiger partial charge in [-0.3, -0.25) is 4.79 Å². The molecule has 34 heavy (non-hydrogen) atoms. The van der Waals surface area contributed by atoms with E-state index in [-0.39, 0.29) is 23.7 Å². The Balaban J connectivity index is 1.36. The van der Waals surface area contributed by atoms with Crippen LogP contribution < -0.4 is 9.47 Å². The Labute approximate surface area is 202 Å². The van der Waals surface area contributed by atoms with E-state index in [0.717, 1.165) is 16.7 Å². The molecule has 0 spiro atoms. The lowest BCUT2D eigenvalue weighted by atomic mass is 10.0. The lowest BCUT2D eigenvalue weighted by Gasteiger charge is -2.12. The van der Waals surface area contributed by atoms with Crippen molar-refractivity contribution in [3.8, 4) is 22.6 Å². The second-order valence-electron chi connectivity index (χ2n) is 7.98. The molecule has 0 bridgehead atoms. The van der Waals surface area contributed by atoms with E-state index in [2.05, 4.69) is 12.1 Å². The van der Waals surface area contributed by atoms with E-state index in [4.69, 9.17) is 21.1 Å². The maximum absolute atomic E-state index is 14.1. The first-order chi connectivity index (χ1) is 16.5. The second kappa shape index (κ2) is 9.16. The van der Waals surface area contributed by atoms with Crippen LogP contribution in [-0.4, -0.2) is 5.78 Å². The first-order valence-corrected chi connectivity index (χ1v) is 11.2. The number of allylic oxidation sites excluding steroid dienone is 1. The number of Topliss-reactive ketones (excluding diaryl/α,β-unsaturated/α-hetero) is 1. The smallest absolute Gasteiger partial charge is 0.231 e. The maximum Gasteiger partial charge on any atom is 0.231 e. The Morgan fingerprint density at radius 2 is 1.65 bits per heavy atom. The zero-order valence-corrected chi connectivity index (χ0v) is 19.1. The van der Waals surface area contributed by atoms with Gasteiger partial charge in [0.2, 0.25) is 5.78 Å². The summed E-state index contributed by atoms with van der Waals surface area (Å²) in [7, 11) is 0. The van der Waals surface area contributed by atoms with Crippen molar-refractivity contribution in [3.63, 3.8) is 0 Å². The van der Waals surface area contributed by atoms with Gasteiger partial charge in [-0.1, -0.05) is 72.3 Å². The van der Waals surface area contributed by atoms with Gasteiger partial charge in [-0.05, 0) is 54.0 Å². The van der Waals surface area contributed by atoms with Crippen molar-refractivity contribution in [1.29, 1.82) is 0 Å². The van der Waals surface area contributed by atoms with E-state index in [0.29, 0.717) is 27.6 Å². The quantitative estimate of drug-likeness (QED) is 0.281. The maximum atomic E-state index is 14.1. The van der Waals surface area contributed by atoms with Gasteiger partial charge < -0.3 is 9.47 Å². The largest absolute Gasteiger partial charge is 0.488 e. The van der Waals surface area contributed by atoms with Gasteiger partial charge in [0.1, 0.15) is 23.9 Å². The molecule has 0 fully saturated rings. The summed E-state index contributed by atoms with van der Waals surface area (Å²) in [5.74, 6) is 0.587. The molecule has 168 valence electrons. The zero-order chi connectivity index (χ0) is 23.7. The minimum absolute atomic E-state index is 0.0322. The monoisotopic (exact) mass is 470 g/mol. The fourth-order valence-corrected chi connectivity index (χ4v) is 4.12. The Morgan fingerprint density at radius 1 is 0.912 bits per heavy atom. The molecule has 0 unspecified atom stereocenters.